The number of aromatic nitrogens is 1. The van der Waals surface area contributed by atoms with Crippen LogP contribution in [0.15, 0.2) is 24.4 Å². The van der Waals surface area contributed by atoms with Gasteiger partial charge in [0.05, 0.1) is 11.1 Å². The lowest BCUT2D eigenvalue weighted by molar-refractivity contribution is 0.0698. The van der Waals surface area contributed by atoms with Crippen LogP contribution < -0.4 is 0 Å². The molecule has 0 atom stereocenters. The van der Waals surface area contributed by atoms with Crippen LogP contribution >= 0.6 is 0 Å². The molecule has 102 valence electrons. The van der Waals surface area contributed by atoms with E-state index in [1.807, 2.05) is 22.9 Å². The molecule has 0 saturated heterocycles. The average Bonchev–Trinajstić information content (AvgIpc) is 2.70. The molecule has 0 unspecified atom stereocenters. The lowest BCUT2D eigenvalue weighted by Crippen LogP contribution is -2.13. The Kier molecular flexibility index (Phi) is 3.40. The van der Waals surface area contributed by atoms with Gasteiger partial charge in [0.15, 0.2) is 0 Å². The molecule has 0 aliphatic rings. The molecule has 2 rings (SSSR count). The number of aromatic carboxylic acids is 1. The maximum absolute atomic E-state index is 11.5. The van der Waals surface area contributed by atoms with Gasteiger partial charge in [0.1, 0.15) is 0 Å². The van der Waals surface area contributed by atoms with Gasteiger partial charge in [0.2, 0.25) is 0 Å². The molecule has 0 aliphatic carbocycles. The minimum Gasteiger partial charge on any atom is -0.478 e. The van der Waals surface area contributed by atoms with Gasteiger partial charge in [-0.15, -0.1) is 0 Å². The zero-order valence-electron chi connectivity index (χ0n) is 12.0. The number of aryl methyl sites for hydroxylation is 1. The molecule has 1 aromatic carbocycles. The van der Waals surface area contributed by atoms with Crippen molar-refractivity contribution >= 4 is 16.9 Å². The first-order valence-corrected chi connectivity index (χ1v) is 6.71. The van der Waals surface area contributed by atoms with E-state index in [-0.39, 0.29) is 5.41 Å². The number of carboxylic acid groups (broad SMARTS) is 1. The van der Waals surface area contributed by atoms with E-state index in [0.29, 0.717) is 5.56 Å². The molecule has 0 radical (unpaired) electrons. The topological polar surface area (TPSA) is 42.2 Å². The van der Waals surface area contributed by atoms with Crippen molar-refractivity contribution in [3.05, 3.63) is 35.5 Å². The molecule has 0 spiro atoms. The van der Waals surface area contributed by atoms with E-state index in [4.69, 9.17) is 0 Å². The number of benzene rings is 1. The fraction of sp³-hybridized carbons (Fsp3) is 0.438. The number of fused-ring (bicyclic) bond motifs is 1. The molecule has 0 aliphatic heterocycles. The molecule has 0 saturated carbocycles. The summed E-state index contributed by atoms with van der Waals surface area (Å²) in [4.78, 5) is 11.5. The predicted octanol–water partition coefficient (Wildman–Crippen LogP) is 4.05. The Morgan fingerprint density at radius 1 is 1.32 bits per heavy atom. The Labute approximate surface area is 113 Å². The Hall–Kier alpha value is -1.77. The first-order valence-electron chi connectivity index (χ1n) is 6.71. The van der Waals surface area contributed by atoms with E-state index < -0.39 is 5.97 Å². The summed E-state index contributed by atoms with van der Waals surface area (Å²) < 4.78 is 2.03. The zero-order valence-corrected chi connectivity index (χ0v) is 12.0. The number of hydrogen-bond donors (Lipinski definition) is 1. The normalized spacial score (nSPS) is 12.0. The number of carbonyl (C=O) groups is 1. The fourth-order valence-electron chi connectivity index (χ4n) is 2.37. The average molecular weight is 259 g/mol. The van der Waals surface area contributed by atoms with Crippen molar-refractivity contribution in [2.24, 2.45) is 0 Å². The summed E-state index contributed by atoms with van der Waals surface area (Å²) in [5.41, 5.74) is 2.25. The molecule has 0 amide bonds. The Bertz CT molecular complexity index is 617. The highest BCUT2D eigenvalue weighted by molar-refractivity contribution is 6.02. The van der Waals surface area contributed by atoms with Gasteiger partial charge in [-0.25, -0.2) is 4.79 Å². The quantitative estimate of drug-likeness (QED) is 0.903. The van der Waals surface area contributed by atoms with Crippen molar-refractivity contribution in [2.45, 2.75) is 46.1 Å². The van der Waals surface area contributed by atoms with Crippen molar-refractivity contribution in [1.29, 1.82) is 0 Å². The number of carboxylic acids is 1. The summed E-state index contributed by atoms with van der Waals surface area (Å²) in [6, 6.07) is 5.93. The van der Waals surface area contributed by atoms with Crippen molar-refractivity contribution in [3.63, 3.8) is 0 Å². The summed E-state index contributed by atoms with van der Waals surface area (Å²) in [7, 11) is 0. The number of rotatable bonds is 3. The summed E-state index contributed by atoms with van der Waals surface area (Å²) in [5.74, 6) is -0.854. The van der Waals surface area contributed by atoms with Gasteiger partial charge in [-0.05, 0) is 35.6 Å². The molecular weight excluding hydrogens is 238 g/mol. The second-order valence-electron chi connectivity index (χ2n) is 6.03. The van der Waals surface area contributed by atoms with Gasteiger partial charge in [0, 0.05) is 18.1 Å². The maximum atomic E-state index is 11.5. The van der Waals surface area contributed by atoms with E-state index in [9.17, 15) is 9.90 Å². The first-order chi connectivity index (χ1) is 8.84. The predicted molar refractivity (Wildman–Crippen MR) is 77.9 cm³/mol. The van der Waals surface area contributed by atoms with Gasteiger partial charge in [-0.3, -0.25) is 0 Å². The van der Waals surface area contributed by atoms with Crippen LogP contribution in [0.4, 0.5) is 0 Å². The molecule has 3 nitrogen and oxygen atoms in total. The Morgan fingerprint density at radius 2 is 2.00 bits per heavy atom. The Balaban J connectivity index is 2.74. The van der Waals surface area contributed by atoms with Crippen LogP contribution in [0, 0.1) is 0 Å². The molecule has 1 N–H and O–H groups in total. The first kappa shape index (κ1) is 13.7. The van der Waals surface area contributed by atoms with E-state index in [1.165, 1.54) is 0 Å². The molecule has 0 bridgehead atoms. The van der Waals surface area contributed by atoms with E-state index in [1.54, 1.807) is 0 Å². The van der Waals surface area contributed by atoms with Gasteiger partial charge in [-0.2, -0.15) is 0 Å². The Morgan fingerprint density at radius 3 is 2.53 bits per heavy atom. The molecule has 3 heteroatoms. The number of nitrogens with zero attached hydrogens (tertiary/aromatic N) is 1. The minimum absolute atomic E-state index is 0.0504. The van der Waals surface area contributed by atoms with Crippen LogP contribution in [0.25, 0.3) is 10.9 Å². The van der Waals surface area contributed by atoms with Gasteiger partial charge >= 0.3 is 5.97 Å². The van der Waals surface area contributed by atoms with Crippen LogP contribution in [0.5, 0.6) is 0 Å². The third-order valence-corrected chi connectivity index (χ3v) is 3.42. The molecule has 2 aromatic rings. The van der Waals surface area contributed by atoms with Crippen molar-refractivity contribution in [3.8, 4) is 0 Å². The van der Waals surface area contributed by atoms with Crippen molar-refractivity contribution in [1.82, 2.24) is 4.57 Å². The van der Waals surface area contributed by atoms with Crippen molar-refractivity contribution in [2.75, 3.05) is 0 Å². The number of hydrogen-bond acceptors (Lipinski definition) is 1. The highest BCUT2D eigenvalue weighted by Gasteiger charge is 2.20. The summed E-state index contributed by atoms with van der Waals surface area (Å²) >= 11 is 0. The van der Waals surface area contributed by atoms with Gasteiger partial charge in [0.25, 0.3) is 0 Å². The van der Waals surface area contributed by atoms with E-state index in [0.717, 1.165) is 29.4 Å². The largest absolute Gasteiger partial charge is 0.478 e. The fourth-order valence-corrected chi connectivity index (χ4v) is 2.37. The second-order valence-corrected chi connectivity index (χ2v) is 6.03. The minimum atomic E-state index is -0.854. The lowest BCUT2D eigenvalue weighted by atomic mass is 9.85. The molecule has 1 aromatic heterocycles. The van der Waals surface area contributed by atoms with E-state index >= 15 is 0 Å². The monoisotopic (exact) mass is 259 g/mol. The van der Waals surface area contributed by atoms with Crippen LogP contribution in [0.3, 0.4) is 0 Å². The second kappa shape index (κ2) is 4.72. The molecule has 0 fully saturated rings. The van der Waals surface area contributed by atoms with Crippen LogP contribution in [0.1, 0.15) is 50.0 Å². The highest BCUT2D eigenvalue weighted by atomic mass is 16.4. The highest BCUT2D eigenvalue weighted by Crippen LogP contribution is 2.30. The van der Waals surface area contributed by atoms with Crippen LogP contribution in [0.2, 0.25) is 0 Å². The third-order valence-electron chi connectivity index (χ3n) is 3.42. The van der Waals surface area contributed by atoms with Crippen LogP contribution in [-0.2, 0) is 12.0 Å². The third kappa shape index (κ3) is 2.50. The standard InChI is InChI=1S/C16H21NO2/c1-5-7-17-8-6-11-9-12(16(2,3)4)10-13(14(11)17)15(18)19/h6,8-10H,5,7H2,1-4H3,(H,18,19). The summed E-state index contributed by atoms with van der Waals surface area (Å²) in [6.07, 6.45) is 2.97. The zero-order chi connectivity index (χ0) is 14.2. The summed E-state index contributed by atoms with van der Waals surface area (Å²) in [5, 5.41) is 10.5. The van der Waals surface area contributed by atoms with Gasteiger partial charge in [-0.1, -0.05) is 27.7 Å². The SMILES string of the molecule is CCCn1ccc2cc(C(C)(C)C)cc(C(=O)O)c21. The molecule has 19 heavy (non-hydrogen) atoms. The lowest BCUT2D eigenvalue weighted by Gasteiger charge is -2.20. The molecule has 1 heterocycles. The van der Waals surface area contributed by atoms with E-state index in [2.05, 4.69) is 33.8 Å². The summed E-state index contributed by atoms with van der Waals surface area (Å²) in [6.45, 7) is 9.24. The van der Waals surface area contributed by atoms with Gasteiger partial charge < -0.3 is 9.67 Å². The maximum Gasteiger partial charge on any atom is 0.337 e. The molecular formula is C16H21NO2. The van der Waals surface area contributed by atoms with Crippen molar-refractivity contribution < 1.29 is 9.90 Å². The smallest absolute Gasteiger partial charge is 0.337 e. The van der Waals surface area contributed by atoms with Crippen LogP contribution in [-0.4, -0.2) is 15.6 Å².